The van der Waals surface area contributed by atoms with Crippen LogP contribution in [0.1, 0.15) is 6.42 Å². The summed E-state index contributed by atoms with van der Waals surface area (Å²) in [5.74, 6) is -0.462. The molecule has 2 rings (SSSR count). The molecule has 0 atom stereocenters. The second-order valence-electron chi connectivity index (χ2n) is 5.01. The summed E-state index contributed by atoms with van der Waals surface area (Å²) in [6.07, 6.45) is 0.375. The van der Waals surface area contributed by atoms with Crippen molar-refractivity contribution < 1.29 is 13.9 Å². The van der Waals surface area contributed by atoms with E-state index < -0.39 is 0 Å². The van der Waals surface area contributed by atoms with Crippen LogP contribution in [0.2, 0.25) is 0 Å². The van der Waals surface area contributed by atoms with E-state index in [0.717, 1.165) is 39.4 Å². The van der Waals surface area contributed by atoms with E-state index in [2.05, 4.69) is 15.5 Å². The Kier molecular flexibility index (Phi) is 6.59. The normalized spacial score (nSPS) is 15.9. The molecule has 116 valence electrons. The van der Waals surface area contributed by atoms with Crippen LogP contribution < -0.4 is 10.6 Å². The minimum atomic E-state index is -0.351. The van der Waals surface area contributed by atoms with Crippen LogP contribution in [0.15, 0.2) is 24.3 Å². The highest BCUT2D eigenvalue weighted by atomic mass is 19.1. The topological polar surface area (TPSA) is 53.6 Å². The third-order valence-electron chi connectivity index (χ3n) is 3.35. The number of halogens is 1. The minimum Gasteiger partial charge on any atom is -0.379 e. The van der Waals surface area contributed by atoms with Crippen molar-refractivity contribution in [2.24, 2.45) is 0 Å². The fourth-order valence-electron chi connectivity index (χ4n) is 2.18. The van der Waals surface area contributed by atoms with Crippen LogP contribution in [-0.4, -0.2) is 56.7 Å². The first-order chi connectivity index (χ1) is 10.2. The molecular weight excluding hydrogens is 273 g/mol. The van der Waals surface area contributed by atoms with Gasteiger partial charge in [-0.1, -0.05) is 6.07 Å². The quantitative estimate of drug-likeness (QED) is 0.739. The van der Waals surface area contributed by atoms with Crippen LogP contribution in [-0.2, 0) is 9.53 Å². The fourth-order valence-corrected chi connectivity index (χ4v) is 2.18. The number of anilines is 1. The van der Waals surface area contributed by atoms with Gasteiger partial charge >= 0.3 is 0 Å². The first-order valence-corrected chi connectivity index (χ1v) is 7.30. The number of nitrogens with one attached hydrogen (secondary N) is 2. The van der Waals surface area contributed by atoms with Crippen molar-refractivity contribution in [2.45, 2.75) is 6.42 Å². The summed E-state index contributed by atoms with van der Waals surface area (Å²) >= 11 is 0. The van der Waals surface area contributed by atoms with Crippen molar-refractivity contribution in [3.8, 4) is 0 Å². The second kappa shape index (κ2) is 8.71. The number of rotatable bonds is 7. The second-order valence-corrected chi connectivity index (χ2v) is 5.01. The summed E-state index contributed by atoms with van der Waals surface area (Å²) in [4.78, 5) is 14.0. The van der Waals surface area contributed by atoms with E-state index in [1.807, 2.05) is 0 Å². The van der Waals surface area contributed by atoms with Crippen LogP contribution in [0, 0.1) is 5.82 Å². The highest BCUT2D eigenvalue weighted by molar-refractivity contribution is 5.90. The molecule has 1 saturated heterocycles. The molecule has 6 heteroatoms. The van der Waals surface area contributed by atoms with Crippen molar-refractivity contribution in [1.82, 2.24) is 10.2 Å². The summed E-state index contributed by atoms with van der Waals surface area (Å²) in [7, 11) is 0. The molecule has 1 aliphatic rings. The third kappa shape index (κ3) is 6.20. The number of benzene rings is 1. The molecule has 21 heavy (non-hydrogen) atoms. The number of hydrogen-bond acceptors (Lipinski definition) is 4. The average Bonchev–Trinajstić information content (AvgIpc) is 2.48. The molecule has 1 aromatic carbocycles. The molecule has 0 aliphatic carbocycles. The maximum Gasteiger partial charge on any atom is 0.225 e. The van der Waals surface area contributed by atoms with Crippen LogP contribution in [0.25, 0.3) is 0 Å². The molecule has 0 aromatic heterocycles. The van der Waals surface area contributed by atoms with Crippen LogP contribution >= 0.6 is 0 Å². The standard InChI is InChI=1S/C15H22FN3O2/c16-13-2-1-3-14(12-13)18-15(20)4-5-17-6-7-19-8-10-21-11-9-19/h1-3,12,17H,4-11H2,(H,18,20). The van der Waals surface area contributed by atoms with Gasteiger partial charge in [-0.25, -0.2) is 4.39 Å². The highest BCUT2D eigenvalue weighted by Crippen LogP contribution is 2.09. The zero-order valence-electron chi connectivity index (χ0n) is 12.1. The Balaban J connectivity index is 1.54. The lowest BCUT2D eigenvalue weighted by atomic mass is 10.3. The Labute approximate surface area is 124 Å². The van der Waals surface area contributed by atoms with Gasteiger partial charge in [0.15, 0.2) is 0 Å². The zero-order valence-corrected chi connectivity index (χ0v) is 12.1. The van der Waals surface area contributed by atoms with E-state index in [1.165, 1.54) is 12.1 Å². The summed E-state index contributed by atoms with van der Waals surface area (Å²) in [5, 5.41) is 5.92. The SMILES string of the molecule is O=C(CCNCCN1CCOCC1)Nc1cccc(F)c1. The van der Waals surface area contributed by atoms with Crippen molar-refractivity contribution in [1.29, 1.82) is 0 Å². The monoisotopic (exact) mass is 295 g/mol. The smallest absolute Gasteiger partial charge is 0.225 e. The van der Waals surface area contributed by atoms with Gasteiger partial charge in [0, 0.05) is 44.8 Å². The van der Waals surface area contributed by atoms with E-state index in [4.69, 9.17) is 4.74 Å². The molecule has 0 radical (unpaired) electrons. The molecule has 1 heterocycles. The van der Waals surface area contributed by atoms with Gasteiger partial charge in [0.05, 0.1) is 13.2 Å². The number of carbonyl (C=O) groups is 1. The van der Waals surface area contributed by atoms with Crippen molar-refractivity contribution in [3.05, 3.63) is 30.1 Å². The maximum atomic E-state index is 13.0. The van der Waals surface area contributed by atoms with Gasteiger partial charge in [-0.05, 0) is 18.2 Å². The zero-order chi connectivity index (χ0) is 14.9. The predicted molar refractivity (Wildman–Crippen MR) is 79.8 cm³/mol. The lowest BCUT2D eigenvalue weighted by Gasteiger charge is -2.26. The number of amides is 1. The summed E-state index contributed by atoms with van der Waals surface area (Å²) in [6, 6.07) is 5.91. The number of ether oxygens (including phenoxy) is 1. The largest absolute Gasteiger partial charge is 0.379 e. The number of carbonyl (C=O) groups excluding carboxylic acids is 1. The first kappa shape index (κ1) is 15.9. The van der Waals surface area contributed by atoms with Crippen LogP contribution in [0.3, 0.4) is 0 Å². The Morgan fingerprint density at radius 3 is 2.86 bits per heavy atom. The van der Waals surface area contributed by atoms with Gasteiger partial charge in [-0.2, -0.15) is 0 Å². The Bertz CT molecular complexity index is 450. The van der Waals surface area contributed by atoms with Gasteiger partial charge in [0.2, 0.25) is 5.91 Å². The van der Waals surface area contributed by atoms with Gasteiger partial charge in [-0.15, -0.1) is 0 Å². The molecule has 1 fully saturated rings. The van der Waals surface area contributed by atoms with Gasteiger partial charge in [0.25, 0.3) is 0 Å². The van der Waals surface area contributed by atoms with Crippen molar-refractivity contribution in [3.63, 3.8) is 0 Å². The van der Waals surface area contributed by atoms with E-state index in [-0.39, 0.29) is 11.7 Å². The molecule has 0 spiro atoms. The fraction of sp³-hybridized carbons (Fsp3) is 0.533. The van der Waals surface area contributed by atoms with Crippen LogP contribution in [0.5, 0.6) is 0 Å². The third-order valence-corrected chi connectivity index (χ3v) is 3.35. The average molecular weight is 295 g/mol. The summed E-state index contributed by atoms with van der Waals surface area (Å²) in [5.41, 5.74) is 0.494. The van der Waals surface area contributed by atoms with E-state index in [0.29, 0.717) is 18.7 Å². The molecule has 0 unspecified atom stereocenters. The lowest BCUT2D eigenvalue weighted by molar-refractivity contribution is -0.116. The van der Waals surface area contributed by atoms with E-state index in [1.54, 1.807) is 12.1 Å². The minimum absolute atomic E-state index is 0.112. The Morgan fingerprint density at radius 2 is 2.10 bits per heavy atom. The van der Waals surface area contributed by atoms with Gasteiger partial charge in [-0.3, -0.25) is 9.69 Å². The molecule has 1 aliphatic heterocycles. The van der Waals surface area contributed by atoms with Crippen LogP contribution in [0.4, 0.5) is 10.1 Å². The molecule has 5 nitrogen and oxygen atoms in total. The first-order valence-electron chi connectivity index (χ1n) is 7.30. The summed E-state index contributed by atoms with van der Waals surface area (Å²) in [6.45, 7) is 5.99. The molecule has 1 amide bonds. The van der Waals surface area contributed by atoms with Crippen molar-refractivity contribution in [2.75, 3.05) is 51.3 Å². The summed E-state index contributed by atoms with van der Waals surface area (Å²) < 4.78 is 18.3. The molecular formula is C15H22FN3O2. The molecule has 0 bridgehead atoms. The lowest BCUT2D eigenvalue weighted by Crippen LogP contribution is -2.40. The number of nitrogens with zero attached hydrogens (tertiary/aromatic N) is 1. The molecule has 1 aromatic rings. The molecule has 0 saturated carbocycles. The van der Waals surface area contributed by atoms with E-state index >= 15 is 0 Å². The number of morpholine rings is 1. The van der Waals surface area contributed by atoms with Gasteiger partial charge < -0.3 is 15.4 Å². The van der Waals surface area contributed by atoms with Crippen molar-refractivity contribution >= 4 is 11.6 Å². The Hall–Kier alpha value is -1.50. The predicted octanol–water partition coefficient (Wildman–Crippen LogP) is 1.08. The van der Waals surface area contributed by atoms with Gasteiger partial charge in [0.1, 0.15) is 5.82 Å². The Morgan fingerprint density at radius 1 is 1.29 bits per heavy atom. The van der Waals surface area contributed by atoms with E-state index in [9.17, 15) is 9.18 Å². The molecule has 2 N–H and O–H groups in total. The number of hydrogen-bond donors (Lipinski definition) is 2. The highest BCUT2D eigenvalue weighted by Gasteiger charge is 2.09. The maximum absolute atomic E-state index is 13.0.